The highest BCUT2D eigenvalue weighted by Crippen LogP contribution is 2.13. The van der Waals surface area contributed by atoms with E-state index in [1.807, 2.05) is 0 Å². The van der Waals surface area contributed by atoms with Crippen LogP contribution in [0, 0.1) is 0 Å². The number of unbranched alkanes of at least 4 members (excludes halogenated alkanes) is 23. The summed E-state index contributed by atoms with van der Waals surface area (Å²) < 4.78 is 5.39. The number of esters is 1. The van der Waals surface area contributed by atoms with Gasteiger partial charge in [-0.05, 0) is 38.5 Å². The Kier molecular flexibility index (Phi) is 30.5. The molecule has 0 rings (SSSR count). The second-order valence-electron chi connectivity index (χ2n) is 10.8. The molecule has 0 saturated heterocycles. The molecule has 0 fully saturated rings. The van der Waals surface area contributed by atoms with Gasteiger partial charge in [-0.25, -0.2) is 0 Å². The highest BCUT2D eigenvalue weighted by Gasteiger charge is 2.02. The van der Waals surface area contributed by atoms with E-state index in [2.05, 4.69) is 26.0 Å². The van der Waals surface area contributed by atoms with Gasteiger partial charge < -0.3 is 4.74 Å². The predicted octanol–water partition coefficient (Wildman–Crippen LogP) is 11.7. The van der Waals surface area contributed by atoms with Crippen LogP contribution in [0.2, 0.25) is 0 Å². The Hall–Kier alpha value is -0.790. The van der Waals surface area contributed by atoms with Crippen LogP contribution in [0.3, 0.4) is 0 Å². The molecule has 2 nitrogen and oxygen atoms in total. The first-order valence-electron chi connectivity index (χ1n) is 16.1. The van der Waals surface area contributed by atoms with Gasteiger partial charge in [-0.1, -0.05) is 154 Å². The van der Waals surface area contributed by atoms with E-state index in [0.29, 0.717) is 13.0 Å². The van der Waals surface area contributed by atoms with E-state index in [0.717, 1.165) is 12.8 Å². The highest BCUT2D eigenvalue weighted by atomic mass is 16.5. The lowest BCUT2D eigenvalue weighted by atomic mass is 10.1. The topological polar surface area (TPSA) is 26.3 Å². The zero-order valence-electron chi connectivity index (χ0n) is 24.3. The average Bonchev–Trinajstić information content (AvgIpc) is 2.86. The maximum absolute atomic E-state index is 11.8. The van der Waals surface area contributed by atoms with Gasteiger partial charge in [0.1, 0.15) is 0 Å². The van der Waals surface area contributed by atoms with Gasteiger partial charge in [0.25, 0.3) is 0 Å². The molecule has 2 heteroatoms. The van der Waals surface area contributed by atoms with Crippen molar-refractivity contribution in [2.24, 2.45) is 0 Å². The van der Waals surface area contributed by atoms with Crippen molar-refractivity contribution in [3.8, 4) is 0 Å². The Bertz CT molecular complexity index is 429. The van der Waals surface area contributed by atoms with E-state index in [1.165, 1.54) is 154 Å². The van der Waals surface area contributed by atoms with Gasteiger partial charge >= 0.3 is 5.97 Å². The Morgan fingerprint density at radius 3 is 1.23 bits per heavy atom. The first-order valence-corrected chi connectivity index (χ1v) is 16.1. The quantitative estimate of drug-likeness (QED) is 0.0589. The van der Waals surface area contributed by atoms with Gasteiger partial charge in [0.05, 0.1) is 6.61 Å². The number of allylic oxidation sites excluding steroid dienone is 2. The predicted molar refractivity (Wildman–Crippen MR) is 156 cm³/mol. The summed E-state index contributed by atoms with van der Waals surface area (Å²) in [6.45, 7) is 5.18. The Labute approximate surface area is 221 Å². The molecular formula is C33H64O2. The van der Waals surface area contributed by atoms with Crippen LogP contribution in [0.25, 0.3) is 0 Å². The van der Waals surface area contributed by atoms with E-state index in [9.17, 15) is 4.79 Å². The van der Waals surface area contributed by atoms with E-state index < -0.39 is 0 Å². The van der Waals surface area contributed by atoms with Gasteiger partial charge in [-0.3, -0.25) is 4.79 Å². The fourth-order valence-electron chi connectivity index (χ4n) is 4.72. The van der Waals surface area contributed by atoms with Crippen LogP contribution in [0.1, 0.15) is 187 Å². The second-order valence-corrected chi connectivity index (χ2v) is 10.8. The molecule has 0 N–H and O–H groups in total. The van der Waals surface area contributed by atoms with Crippen LogP contribution in [0.4, 0.5) is 0 Å². The normalized spacial score (nSPS) is 11.5. The molecule has 0 bridgehead atoms. The third kappa shape index (κ3) is 31.2. The summed E-state index contributed by atoms with van der Waals surface area (Å²) in [4.78, 5) is 11.8. The lowest BCUT2D eigenvalue weighted by molar-refractivity contribution is -0.143. The van der Waals surface area contributed by atoms with Gasteiger partial charge in [0.2, 0.25) is 0 Å². The first-order chi connectivity index (χ1) is 17.3. The number of rotatable bonds is 29. The SMILES string of the molecule is CCCCCCCCC=CCCCCCCCCCCCC(=O)OCCCCCCCCCCC. The largest absolute Gasteiger partial charge is 0.466 e. The Morgan fingerprint density at radius 2 is 0.800 bits per heavy atom. The fourth-order valence-corrected chi connectivity index (χ4v) is 4.72. The van der Waals surface area contributed by atoms with E-state index in [-0.39, 0.29) is 5.97 Å². The minimum atomic E-state index is 0.0191. The van der Waals surface area contributed by atoms with Crippen LogP contribution in [0.5, 0.6) is 0 Å². The standard InChI is InChI=1S/C33H64O2/c1-3-5-7-9-11-13-14-15-16-17-18-19-20-21-22-23-25-27-29-31-33(34)35-32-30-28-26-24-12-10-8-6-4-2/h15-16H,3-14,17-32H2,1-2H3. The van der Waals surface area contributed by atoms with Crippen molar-refractivity contribution in [2.75, 3.05) is 6.61 Å². The molecule has 0 aliphatic carbocycles. The molecule has 0 saturated carbocycles. The van der Waals surface area contributed by atoms with E-state index in [4.69, 9.17) is 4.74 Å². The van der Waals surface area contributed by atoms with Crippen molar-refractivity contribution in [1.29, 1.82) is 0 Å². The van der Waals surface area contributed by atoms with Gasteiger partial charge in [-0.15, -0.1) is 0 Å². The Morgan fingerprint density at radius 1 is 0.457 bits per heavy atom. The molecule has 0 radical (unpaired) electrons. The van der Waals surface area contributed by atoms with Crippen LogP contribution in [-0.2, 0) is 9.53 Å². The van der Waals surface area contributed by atoms with Crippen molar-refractivity contribution < 1.29 is 9.53 Å². The molecule has 0 atom stereocenters. The molecule has 0 unspecified atom stereocenters. The van der Waals surface area contributed by atoms with Crippen LogP contribution < -0.4 is 0 Å². The monoisotopic (exact) mass is 492 g/mol. The van der Waals surface area contributed by atoms with Crippen molar-refractivity contribution in [1.82, 2.24) is 0 Å². The summed E-state index contributed by atoms with van der Waals surface area (Å²) in [5, 5.41) is 0. The Balaban J connectivity index is 3.17. The van der Waals surface area contributed by atoms with E-state index >= 15 is 0 Å². The maximum Gasteiger partial charge on any atom is 0.305 e. The number of carbonyl (C=O) groups excluding carboxylic acids is 1. The van der Waals surface area contributed by atoms with Gasteiger partial charge in [-0.2, -0.15) is 0 Å². The second kappa shape index (κ2) is 31.2. The zero-order valence-corrected chi connectivity index (χ0v) is 24.3. The summed E-state index contributed by atoms with van der Waals surface area (Å²) in [6.07, 6.45) is 39.7. The molecule has 0 spiro atoms. The summed E-state index contributed by atoms with van der Waals surface area (Å²) >= 11 is 0. The summed E-state index contributed by atoms with van der Waals surface area (Å²) in [5.41, 5.74) is 0. The zero-order chi connectivity index (χ0) is 25.5. The molecule has 0 aliphatic heterocycles. The first kappa shape index (κ1) is 34.2. The third-order valence-electron chi connectivity index (χ3n) is 7.15. The van der Waals surface area contributed by atoms with Crippen molar-refractivity contribution in [3.63, 3.8) is 0 Å². The number of ether oxygens (including phenoxy) is 1. The minimum absolute atomic E-state index is 0.0191. The van der Waals surface area contributed by atoms with Crippen LogP contribution >= 0.6 is 0 Å². The molecule has 0 aromatic carbocycles. The van der Waals surface area contributed by atoms with E-state index in [1.54, 1.807) is 0 Å². The molecule has 35 heavy (non-hydrogen) atoms. The molecule has 208 valence electrons. The summed E-state index contributed by atoms with van der Waals surface area (Å²) in [7, 11) is 0. The number of hydrogen-bond donors (Lipinski definition) is 0. The minimum Gasteiger partial charge on any atom is -0.466 e. The van der Waals surface area contributed by atoms with Gasteiger partial charge in [0.15, 0.2) is 0 Å². The van der Waals surface area contributed by atoms with Gasteiger partial charge in [0, 0.05) is 6.42 Å². The molecule has 0 heterocycles. The summed E-state index contributed by atoms with van der Waals surface area (Å²) in [6, 6.07) is 0. The highest BCUT2D eigenvalue weighted by molar-refractivity contribution is 5.69. The van der Waals surface area contributed by atoms with Crippen LogP contribution in [-0.4, -0.2) is 12.6 Å². The molecule has 0 aromatic rings. The lowest BCUT2D eigenvalue weighted by Crippen LogP contribution is -2.05. The number of carbonyl (C=O) groups is 1. The van der Waals surface area contributed by atoms with Crippen molar-refractivity contribution in [2.45, 2.75) is 187 Å². The fraction of sp³-hybridized carbons (Fsp3) is 0.909. The van der Waals surface area contributed by atoms with Crippen molar-refractivity contribution >= 4 is 5.97 Å². The maximum atomic E-state index is 11.8. The smallest absolute Gasteiger partial charge is 0.305 e. The molecular weight excluding hydrogens is 428 g/mol. The molecule has 0 amide bonds. The molecule has 0 aromatic heterocycles. The van der Waals surface area contributed by atoms with Crippen molar-refractivity contribution in [3.05, 3.63) is 12.2 Å². The van der Waals surface area contributed by atoms with Crippen LogP contribution in [0.15, 0.2) is 12.2 Å². The molecule has 0 aliphatic rings. The summed E-state index contributed by atoms with van der Waals surface area (Å²) in [5.74, 6) is 0.0191. The third-order valence-corrected chi connectivity index (χ3v) is 7.15. The number of hydrogen-bond acceptors (Lipinski definition) is 2. The average molecular weight is 493 g/mol. The lowest BCUT2D eigenvalue weighted by Gasteiger charge is -2.05.